The van der Waals surface area contributed by atoms with Gasteiger partial charge in [0.15, 0.2) is 0 Å². The van der Waals surface area contributed by atoms with Gasteiger partial charge in [-0.05, 0) is 37.7 Å². The second-order valence-corrected chi connectivity index (χ2v) is 7.45. The number of benzene rings is 1. The molecule has 0 N–H and O–H groups in total. The number of likely N-dealkylation sites (tertiary alicyclic amines) is 1. The molecule has 1 aliphatic carbocycles. The van der Waals surface area contributed by atoms with Crippen LogP contribution in [0.4, 0.5) is 0 Å². The predicted octanol–water partition coefficient (Wildman–Crippen LogP) is 2.84. The van der Waals surface area contributed by atoms with Crippen molar-refractivity contribution < 1.29 is 14.3 Å². The smallest absolute Gasteiger partial charge is 0.323 e. The second kappa shape index (κ2) is 8.67. The Kier molecular flexibility index (Phi) is 6.30. The Morgan fingerprint density at radius 1 is 1.19 bits per heavy atom. The zero-order valence-electron chi connectivity index (χ0n) is 15.9. The molecule has 1 saturated carbocycles. The third-order valence-electron chi connectivity index (χ3n) is 5.96. The van der Waals surface area contributed by atoms with Gasteiger partial charge in [0.1, 0.15) is 6.04 Å². The van der Waals surface area contributed by atoms with Crippen molar-refractivity contribution in [3.05, 3.63) is 35.9 Å². The first-order valence-electron chi connectivity index (χ1n) is 9.79. The Balaban J connectivity index is 1.70. The molecule has 1 heterocycles. The molecule has 0 radical (unpaired) electrons. The molecular weight excluding hydrogens is 328 g/mol. The highest BCUT2D eigenvalue weighted by Crippen LogP contribution is 2.39. The SMILES string of the molecule is CCN(Cc1ccccc1)C(=O)CN1C(C(=O)OC)CC2CCCCC21. The molecule has 1 aromatic carbocycles. The van der Waals surface area contributed by atoms with Crippen molar-refractivity contribution >= 4 is 11.9 Å². The van der Waals surface area contributed by atoms with Crippen molar-refractivity contribution in [2.45, 2.75) is 57.7 Å². The van der Waals surface area contributed by atoms with E-state index in [-0.39, 0.29) is 17.9 Å². The van der Waals surface area contributed by atoms with E-state index in [2.05, 4.69) is 4.90 Å². The summed E-state index contributed by atoms with van der Waals surface area (Å²) < 4.78 is 5.03. The summed E-state index contributed by atoms with van der Waals surface area (Å²) in [5.41, 5.74) is 1.13. The Hall–Kier alpha value is -1.88. The summed E-state index contributed by atoms with van der Waals surface area (Å²) in [4.78, 5) is 29.3. The third kappa shape index (κ3) is 4.09. The van der Waals surface area contributed by atoms with Crippen LogP contribution in [0.1, 0.15) is 44.6 Å². The molecule has 3 atom stereocenters. The zero-order valence-corrected chi connectivity index (χ0v) is 15.9. The maximum atomic E-state index is 13.0. The molecule has 0 bridgehead atoms. The summed E-state index contributed by atoms with van der Waals surface area (Å²) in [7, 11) is 1.44. The van der Waals surface area contributed by atoms with E-state index in [4.69, 9.17) is 4.74 Å². The van der Waals surface area contributed by atoms with Gasteiger partial charge >= 0.3 is 5.97 Å². The van der Waals surface area contributed by atoms with E-state index in [1.165, 1.54) is 20.0 Å². The van der Waals surface area contributed by atoms with Crippen molar-refractivity contribution in [1.82, 2.24) is 9.80 Å². The first-order valence-corrected chi connectivity index (χ1v) is 9.79. The highest BCUT2D eigenvalue weighted by molar-refractivity contribution is 5.81. The molecule has 3 unspecified atom stereocenters. The van der Waals surface area contributed by atoms with Crippen molar-refractivity contribution in [3.8, 4) is 0 Å². The van der Waals surface area contributed by atoms with E-state index >= 15 is 0 Å². The Labute approximate surface area is 156 Å². The molecule has 0 aromatic heterocycles. The van der Waals surface area contributed by atoms with Crippen LogP contribution in [-0.2, 0) is 20.9 Å². The van der Waals surface area contributed by atoms with Gasteiger partial charge in [0.05, 0.1) is 13.7 Å². The van der Waals surface area contributed by atoms with E-state index in [0.29, 0.717) is 31.6 Å². The fourth-order valence-electron chi connectivity index (χ4n) is 4.58. The Bertz CT molecular complexity index is 619. The number of methoxy groups -OCH3 is 1. The summed E-state index contributed by atoms with van der Waals surface area (Å²) >= 11 is 0. The molecule has 1 aromatic rings. The van der Waals surface area contributed by atoms with Gasteiger partial charge in [0.25, 0.3) is 0 Å². The molecule has 3 rings (SSSR count). The molecule has 2 fully saturated rings. The van der Waals surface area contributed by atoms with Crippen LogP contribution < -0.4 is 0 Å². The molecule has 1 saturated heterocycles. The van der Waals surface area contributed by atoms with Gasteiger partial charge in [-0.1, -0.05) is 43.2 Å². The zero-order chi connectivity index (χ0) is 18.5. The van der Waals surface area contributed by atoms with Crippen LogP contribution in [-0.4, -0.2) is 54.0 Å². The minimum absolute atomic E-state index is 0.0940. The number of amides is 1. The summed E-state index contributed by atoms with van der Waals surface area (Å²) in [5.74, 6) is 0.416. The van der Waals surface area contributed by atoms with E-state index in [0.717, 1.165) is 24.8 Å². The highest BCUT2D eigenvalue weighted by atomic mass is 16.5. The largest absolute Gasteiger partial charge is 0.468 e. The van der Waals surface area contributed by atoms with E-state index in [9.17, 15) is 9.59 Å². The summed E-state index contributed by atoms with van der Waals surface area (Å²) in [6, 6.07) is 10.1. The number of ether oxygens (including phenoxy) is 1. The van der Waals surface area contributed by atoms with Gasteiger partial charge in [0, 0.05) is 19.1 Å². The molecule has 1 aliphatic heterocycles. The lowest BCUT2D eigenvalue weighted by Crippen LogP contribution is -2.48. The van der Waals surface area contributed by atoms with Crippen LogP contribution in [0.15, 0.2) is 30.3 Å². The van der Waals surface area contributed by atoms with Gasteiger partial charge in [-0.25, -0.2) is 0 Å². The van der Waals surface area contributed by atoms with Crippen molar-refractivity contribution in [1.29, 1.82) is 0 Å². The lowest BCUT2D eigenvalue weighted by Gasteiger charge is -2.34. The van der Waals surface area contributed by atoms with Crippen LogP contribution in [0.25, 0.3) is 0 Å². The van der Waals surface area contributed by atoms with Crippen molar-refractivity contribution in [2.75, 3.05) is 20.2 Å². The number of hydrogen-bond acceptors (Lipinski definition) is 4. The van der Waals surface area contributed by atoms with E-state index < -0.39 is 0 Å². The second-order valence-electron chi connectivity index (χ2n) is 7.45. The average molecular weight is 358 g/mol. The fraction of sp³-hybridized carbons (Fsp3) is 0.619. The lowest BCUT2D eigenvalue weighted by molar-refractivity contribution is -0.147. The van der Waals surface area contributed by atoms with Gasteiger partial charge < -0.3 is 9.64 Å². The molecular formula is C21H30N2O3. The molecule has 0 spiro atoms. The van der Waals surface area contributed by atoms with Crippen LogP contribution in [0.2, 0.25) is 0 Å². The molecule has 1 amide bonds. The number of hydrogen-bond donors (Lipinski definition) is 0. The van der Waals surface area contributed by atoms with Crippen molar-refractivity contribution in [3.63, 3.8) is 0 Å². The number of likely N-dealkylation sites (N-methyl/N-ethyl adjacent to an activating group) is 1. The topological polar surface area (TPSA) is 49.9 Å². The van der Waals surface area contributed by atoms with Gasteiger partial charge in [0.2, 0.25) is 5.91 Å². The number of esters is 1. The number of carbonyl (C=O) groups is 2. The van der Waals surface area contributed by atoms with Crippen LogP contribution in [0.3, 0.4) is 0 Å². The minimum Gasteiger partial charge on any atom is -0.468 e. The highest BCUT2D eigenvalue weighted by Gasteiger charge is 2.46. The first-order chi connectivity index (χ1) is 12.6. The number of carbonyl (C=O) groups excluding carboxylic acids is 2. The van der Waals surface area contributed by atoms with E-state index in [1.807, 2.05) is 42.2 Å². The monoisotopic (exact) mass is 358 g/mol. The van der Waals surface area contributed by atoms with Crippen molar-refractivity contribution in [2.24, 2.45) is 5.92 Å². The number of nitrogens with zero attached hydrogens (tertiary/aromatic N) is 2. The van der Waals surface area contributed by atoms with E-state index in [1.54, 1.807) is 0 Å². The molecule has 2 aliphatic rings. The van der Waals surface area contributed by atoms with Gasteiger partial charge in [-0.2, -0.15) is 0 Å². The first kappa shape index (κ1) is 18.9. The van der Waals surface area contributed by atoms with Crippen LogP contribution >= 0.6 is 0 Å². The van der Waals surface area contributed by atoms with Crippen LogP contribution in [0, 0.1) is 5.92 Å². The fourth-order valence-corrected chi connectivity index (χ4v) is 4.58. The average Bonchev–Trinajstić information content (AvgIpc) is 3.04. The normalized spacial score (nSPS) is 25.5. The summed E-state index contributed by atoms with van der Waals surface area (Å²) in [6.07, 6.45) is 5.48. The standard InChI is InChI=1S/C21H30N2O3/c1-3-22(14-16-9-5-4-6-10-16)20(24)15-23-18-12-8-7-11-17(18)13-19(23)21(25)26-2/h4-6,9-10,17-19H,3,7-8,11-15H2,1-2H3. The van der Waals surface area contributed by atoms with Gasteiger partial charge in [-0.3, -0.25) is 14.5 Å². The van der Waals surface area contributed by atoms with Crippen LogP contribution in [0.5, 0.6) is 0 Å². The maximum absolute atomic E-state index is 13.0. The molecule has 142 valence electrons. The Morgan fingerprint density at radius 3 is 2.62 bits per heavy atom. The predicted molar refractivity (Wildman–Crippen MR) is 100 cm³/mol. The van der Waals surface area contributed by atoms with Gasteiger partial charge in [-0.15, -0.1) is 0 Å². The minimum atomic E-state index is -0.271. The molecule has 5 heteroatoms. The maximum Gasteiger partial charge on any atom is 0.323 e. The quantitative estimate of drug-likeness (QED) is 0.734. The summed E-state index contributed by atoms with van der Waals surface area (Å²) in [5, 5.41) is 0. The summed E-state index contributed by atoms with van der Waals surface area (Å²) in [6.45, 7) is 3.59. The molecule has 26 heavy (non-hydrogen) atoms. The molecule has 5 nitrogen and oxygen atoms in total. The number of fused-ring (bicyclic) bond motifs is 1. The third-order valence-corrected chi connectivity index (χ3v) is 5.96. The number of rotatable bonds is 6. The Morgan fingerprint density at radius 2 is 1.92 bits per heavy atom. The lowest BCUT2D eigenvalue weighted by atomic mass is 9.85.